The molecular weight excluding hydrogens is 679 g/mol. The first kappa shape index (κ1) is 39.6. The maximum Gasteiger partial charge on any atom is 0.405 e. The van der Waals surface area contributed by atoms with Crippen LogP contribution in [0.1, 0.15) is 115 Å². The molecule has 0 spiro atoms. The van der Waals surface area contributed by atoms with Gasteiger partial charge in [-0.05, 0) is 68.1 Å². The molecule has 4 aliphatic rings. The van der Waals surface area contributed by atoms with Crippen LogP contribution in [0.3, 0.4) is 0 Å². The minimum atomic E-state index is -4.87. The smallest absolute Gasteiger partial charge is 0.347 e. The number of amides is 4. The van der Waals surface area contributed by atoms with Gasteiger partial charge in [0.1, 0.15) is 17.8 Å². The summed E-state index contributed by atoms with van der Waals surface area (Å²) in [6.07, 6.45) is 6.81. The Kier molecular flexibility index (Phi) is 12.6. The van der Waals surface area contributed by atoms with Gasteiger partial charge >= 0.3 is 6.18 Å². The van der Waals surface area contributed by atoms with Gasteiger partial charge in [0.2, 0.25) is 17.6 Å². The Morgan fingerprint density at radius 1 is 0.923 bits per heavy atom. The molecule has 1 aromatic rings. The summed E-state index contributed by atoms with van der Waals surface area (Å²) >= 11 is 0. The topological polar surface area (TPSA) is 162 Å². The number of nitrogens with zero attached hydrogens (tertiary/aromatic N) is 3. The van der Waals surface area contributed by atoms with Crippen LogP contribution in [-0.2, 0) is 19.2 Å². The highest BCUT2D eigenvalue weighted by molar-refractivity contribution is 6.38. The second-order valence-corrected chi connectivity index (χ2v) is 16.2. The van der Waals surface area contributed by atoms with E-state index in [0.717, 1.165) is 32.1 Å². The number of rotatable bonds is 14. The molecule has 1 saturated heterocycles. The molecule has 0 aromatic carbocycles. The minimum absolute atomic E-state index is 0.0292. The second-order valence-electron chi connectivity index (χ2n) is 16.2. The first-order valence-electron chi connectivity index (χ1n) is 18.9. The Bertz CT molecular complexity index is 1440. The van der Waals surface area contributed by atoms with E-state index in [-0.39, 0.29) is 36.5 Å². The number of hydrogen-bond donors (Lipinski definition) is 4. The van der Waals surface area contributed by atoms with Crippen LogP contribution in [0.5, 0.6) is 0 Å². The average molecular weight is 734 g/mol. The second kappa shape index (κ2) is 16.6. The van der Waals surface area contributed by atoms with Gasteiger partial charge in [-0.1, -0.05) is 59.8 Å². The molecule has 3 saturated carbocycles. The molecule has 1 aromatic heterocycles. The number of halogens is 3. The van der Waals surface area contributed by atoms with E-state index in [1.54, 1.807) is 20.8 Å². The summed E-state index contributed by atoms with van der Waals surface area (Å²) in [6.45, 7) is 7.03. The van der Waals surface area contributed by atoms with Crippen LogP contribution in [0, 0.1) is 23.2 Å². The lowest BCUT2D eigenvalue weighted by molar-refractivity contribution is -0.172. The lowest BCUT2D eigenvalue weighted by atomic mass is 9.79. The van der Waals surface area contributed by atoms with E-state index in [1.807, 2.05) is 6.92 Å². The van der Waals surface area contributed by atoms with E-state index in [2.05, 4.69) is 31.2 Å². The molecule has 0 unspecified atom stereocenters. The number of nitrogens with one attached hydrogen (secondary N) is 4. The van der Waals surface area contributed by atoms with Gasteiger partial charge in [0.25, 0.3) is 11.8 Å². The van der Waals surface area contributed by atoms with Gasteiger partial charge < -0.3 is 20.9 Å². The van der Waals surface area contributed by atoms with E-state index in [0.29, 0.717) is 38.5 Å². The van der Waals surface area contributed by atoms with Gasteiger partial charge in [0, 0.05) is 25.0 Å². The van der Waals surface area contributed by atoms with E-state index >= 15 is 13.2 Å². The molecular formula is C37H54F3N7O5. The van der Waals surface area contributed by atoms with Crippen molar-refractivity contribution in [1.29, 1.82) is 0 Å². The molecule has 52 heavy (non-hydrogen) atoms. The highest BCUT2D eigenvalue weighted by Gasteiger charge is 2.55. The maximum absolute atomic E-state index is 15.3. The molecule has 4 N–H and O–H groups in total. The first-order valence-corrected chi connectivity index (χ1v) is 18.9. The van der Waals surface area contributed by atoms with E-state index < -0.39 is 77.1 Å². The summed E-state index contributed by atoms with van der Waals surface area (Å²) in [5.74, 6) is -4.30. The standard InChI is InChI=1S/C37H54F3N7O5/c1-5-10-25(29(48)34(51)43-23-15-16-23)44-33(50)28-24-14-9-13-22(24)20-47(28)35(52)31(36(2,3)4)46-30(37(38,39)40)27(21-11-7-6-8-12-21)45-32(49)26-19-41-17-18-42-26/h17-19,21-25,27-28,30-31,46H,5-16,20H2,1-4H3,(H,43,51)(H,44,50)(H,45,49)/t22-,24-,25-,27+,28-,30-,31-/m0/s1. The van der Waals surface area contributed by atoms with Gasteiger partial charge in [-0.2, -0.15) is 13.2 Å². The normalized spacial score (nSPS) is 24.7. The monoisotopic (exact) mass is 733 g/mol. The van der Waals surface area contributed by atoms with Crippen molar-refractivity contribution < 1.29 is 37.1 Å². The van der Waals surface area contributed by atoms with E-state index in [4.69, 9.17) is 0 Å². The minimum Gasteiger partial charge on any atom is -0.347 e. The number of ketones is 1. The molecule has 1 aliphatic heterocycles. The molecule has 0 bridgehead atoms. The fourth-order valence-corrected chi connectivity index (χ4v) is 8.37. The van der Waals surface area contributed by atoms with Crippen LogP contribution in [0.25, 0.3) is 0 Å². The van der Waals surface area contributed by atoms with E-state index in [1.165, 1.54) is 23.5 Å². The van der Waals surface area contributed by atoms with Gasteiger partial charge in [0.05, 0.1) is 24.3 Å². The molecule has 5 rings (SSSR count). The Morgan fingerprint density at radius 3 is 2.23 bits per heavy atom. The summed E-state index contributed by atoms with van der Waals surface area (Å²) < 4.78 is 45.9. The summed E-state index contributed by atoms with van der Waals surface area (Å²) in [5, 5.41) is 10.8. The van der Waals surface area contributed by atoms with E-state index in [9.17, 15) is 24.0 Å². The Morgan fingerprint density at radius 2 is 1.63 bits per heavy atom. The predicted octanol–water partition coefficient (Wildman–Crippen LogP) is 3.85. The van der Waals surface area contributed by atoms with Crippen molar-refractivity contribution in [2.24, 2.45) is 23.2 Å². The lowest BCUT2D eigenvalue weighted by Crippen LogP contribution is -2.67. The van der Waals surface area contributed by atoms with Crippen molar-refractivity contribution in [1.82, 2.24) is 36.1 Å². The number of aromatic nitrogens is 2. The Balaban J connectivity index is 1.43. The van der Waals surface area contributed by atoms with Crippen LogP contribution in [0.4, 0.5) is 13.2 Å². The average Bonchev–Trinajstić information content (AvgIpc) is 3.66. The van der Waals surface area contributed by atoms with Crippen LogP contribution in [0.2, 0.25) is 0 Å². The third kappa shape index (κ3) is 9.48. The van der Waals surface area contributed by atoms with Gasteiger partial charge in [-0.3, -0.25) is 34.3 Å². The number of carbonyl (C=O) groups is 5. The Hall–Kier alpha value is -3.62. The fraction of sp³-hybridized carbons (Fsp3) is 0.757. The summed E-state index contributed by atoms with van der Waals surface area (Å²) in [6, 6.07) is -7.25. The zero-order valence-corrected chi connectivity index (χ0v) is 30.6. The first-order chi connectivity index (χ1) is 24.6. The van der Waals surface area contributed by atoms with Crippen molar-refractivity contribution in [2.75, 3.05) is 6.54 Å². The molecule has 0 radical (unpaired) electrons. The molecule has 3 aliphatic carbocycles. The lowest BCUT2D eigenvalue weighted by Gasteiger charge is -2.43. The summed E-state index contributed by atoms with van der Waals surface area (Å²) in [4.78, 5) is 77.2. The molecule has 288 valence electrons. The highest BCUT2D eigenvalue weighted by atomic mass is 19.4. The molecule has 4 amide bonds. The summed E-state index contributed by atoms with van der Waals surface area (Å²) in [7, 11) is 0. The van der Waals surface area contributed by atoms with Crippen LogP contribution in [-0.4, -0.2) is 93.3 Å². The number of carbonyl (C=O) groups excluding carboxylic acids is 5. The van der Waals surface area contributed by atoms with Crippen molar-refractivity contribution in [2.45, 2.75) is 147 Å². The van der Waals surface area contributed by atoms with Crippen LogP contribution >= 0.6 is 0 Å². The van der Waals surface area contributed by atoms with Crippen molar-refractivity contribution in [3.8, 4) is 0 Å². The zero-order chi connectivity index (χ0) is 37.8. The third-order valence-electron chi connectivity index (χ3n) is 11.2. The molecule has 2 heterocycles. The molecule has 12 nitrogen and oxygen atoms in total. The molecule has 7 atom stereocenters. The zero-order valence-electron chi connectivity index (χ0n) is 30.6. The summed E-state index contributed by atoms with van der Waals surface area (Å²) in [5.41, 5.74) is -1.16. The SMILES string of the molecule is CCC[C@H](NC(=O)[C@@H]1[C@H]2CCC[C@H]2CN1C(=O)[C@H](N[C@@H]([C@H](NC(=O)c1cnccn1)C1CCCCC1)C(F)(F)F)C(C)(C)C)C(=O)C(=O)NC1CC1. The van der Waals surface area contributed by atoms with Crippen molar-refractivity contribution >= 4 is 29.4 Å². The fourth-order valence-electron chi connectivity index (χ4n) is 8.37. The molecule has 15 heteroatoms. The third-order valence-corrected chi connectivity index (χ3v) is 11.2. The maximum atomic E-state index is 15.3. The molecule has 4 fully saturated rings. The number of fused-ring (bicyclic) bond motifs is 1. The Labute approximate surface area is 303 Å². The van der Waals surface area contributed by atoms with Crippen LogP contribution in [0.15, 0.2) is 18.6 Å². The quantitative estimate of drug-likeness (QED) is 0.210. The number of hydrogen-bond acceptors (Lipinski definition) is 8. The van der Waals surface area contributed by atoms with Crippen LogP contribution < -0.4 is 21.3 Å². The van der Waals surface area contributed by atoms with Crippen molar-refractivity contribution in [3.05, 3.63) is 24.3 Å². The number of alkyl halides is 3. The predicted molar refractivity (Wildman–Crippen MR) is 185 cm³/mol. The van der Waals surface area contributed by atoms with Gasteiger partial charge in [-0.25, -0.2) is 4.98 Å². The highest BCUT2D eigenvalue weighted by Crippen LogP contribution is 2.44. The largest absolute Gasteiger partial charge is 0.405 e. The van der Waals surface area contributed by atoms with Gasteiger partial charge in [0.15, 0.2) is 0 Å². The number of Topliss-reactive ketones (excluding diaryl/α,β-unsaturated/α-hetero) is 1. The van der Waals surface area contributed by atoms with Crippen molar-refractivity contribution in [3.63, 3.8) is 0 Å². The van der Waals surface area contributed by atoms with Gasteiger partial charge in [-0.15, -0.1) is 0 Å². The number of likely N-dealkylation sites (tertiary alicyclic amines) is 1.